The first-order chi connectivity index (χ1) is 22.3. The second-order valence-corrected chi connectivity index (χ2v) is 13.1. The van der Waals surface area contributed by atoms with Crippen LogP contribution >= 0.6 is 11.6 Å². The average Bonchev–Trinajstić information content (AvgIpc) is 3.45. The number of aromatic nitrogens is 4. The van der Waals surface area contributed by atoms with Gasteiger partial charge in [0.05, 0.1) is 29.5 Å². The van der Waals surface area contributed by atoms with Gasteiger partial charge in [0.15, 0.2) is 5.82 Å². The number of imidazole rings is 1. The summed E-state index contributed by atoms with van der Waals surface area (Å²) in [5.41, 5.74) is 1.02. The summed E-state index contributed by atoms with van der Waals surface area (Å²) in [6, 6.07) is 6.82. The molecule has 0 spiro atoms. The lowest BCUT2D eigenvalue weighted by Crippen LogP contribution is -2.52. The summed E-state index contributed by atoms with van der Waals surface area (Å²) in [7, 11) is 0. The third kappa shape index (κ3) is 5.57. The van der Waals surface area contributed by atoms with E-state index in [0.717, 1.165) is 31.2 Å². The van der Waals surface area contributed by atoms with Gasteiger partial charge in [0.1, 0.15) is 34.1 Å². The predicted octanol–water partition coefficient (Wildman–Crippen LogP) is 6.57. The lowest BCUT2D eigenvalue weighted by Gasteiger charge is -2.46. The van der Waals surface area contributed by atoms with Crippen LogP contribution in [0.1, 0.15) is 67.4 Å². The first kappa shape index (κ1) is 31.3. The number of pyridine rings is 1. The summed E-state index contributed by atoms with van der Waals surface area (Å²) in [6.45, 7) is 4.94. The fourth-order valence-corrected chi connectivity index (χ4v) is 7.04. The third-order valence-electron chi connectivity index (χ3n) is 9.57. The van der Waals surface area contributed by atoms with Crippen molar-refractivity contribution in [1.82, 2.24) is 24.3 Å². The van der Waals surface area contributed by atoms with Crippen LogP contribution in [-0.2, 0) is 15.7 Å². The lowest BCUT2D eigenvalue weighted by atomic mass is 9.73. The minimum absolute atomic E-state index is 0.137. The average molecular weight is 670 g/mol. The number of carbonyl (C=O) groups excluding carboxylic acids is 1. The highest BCUT2D eigenvalue weighted by molar-refractivity contribution is 6.30. The molecule has 11 nitrogen and oxygen atoms in total. The number of hydrogen-bond donors (Lipinski definition) is 3. The van der Waals surface area contributed by atoms with E-state index in [4.69, 9.17) is 21.3 Å². The summed E-state index contributed by atoms with van der Waals surface area (Å²) < 4.78 is 47.6. The highest BCUT2D eigenvalue weighted by Crippen LogP contribution is 2.45. The third-order valence-corrected chi connectivity index (χ3v) is 9.84. The number of benzene rings is 1. The van der Waals surface area contributed by atoms with Gasteiger partial charge in [-0.3, -0.25) is 18.9 Å². The van der Waals surface area contributed by atoms with E-state index in [1.165, 1.54) is 6.20 Å². The first-order valence-electron chi connectivity index (χ1n) is 15.3. The number of aliphatic carboxylic acids is 1. The molecule has 3 aromatic heterocycles. The number of hydrogen-bond acceptors (Lipinski definition) is 8. The number of carboxylic acid groups (broad SMARTS) is 1. The standard InChI is InChI=1S/C32H31ClF3N7O4/c1-16-15-47-22(14-42(16)19-5-8-31(2,9-6-19)30(45)46)28-41-25-20-4-3-17(11-21(20)39-27-26(25)43(28)23(33)13-38-27)29(44)40-24-12-18(7-10-37-24)32(34,35)36/h3-4,7,10-13,16,19,22H,5-6,8-9,14-15H2,1-2H3,(H,38,39)(H,45,46)(H,37,40,44)/t16-,19-,22+,31-/m0/s1. The van der Waals surface area contributed by atoms with Gasteiger partial charge in [0.25, 0.3) is 5.91 Å². The zero-order valence-corrected chi connectivity index (χ0v) is 26.2. The number of rotatable bonds is 5. The Hall–Kier alpha value is -4.27. The normalized spacial score (nSPS) is 24.4. The van der Waals surface area contributed by atoms with Crippen molar-refractivity contribution in [3.63, 3.8) is 0 Å². The number of morpholine rings is 1. The molecular weight excluding hydrogens is 639 g/mol. The lowest BCUT2D eigenvalue weighted by molar-refractivity contribution is -0.151. The van der Waals surface area contributed by atoms with Crippen LogP contribution in [0, 0.1) is 5.41 Å². The van der Waals surface area contributed by atoms with Crippen molar-refractivity contribution in [2.24, 2.45) is 5.41 Å². The molecule has 0 bridgehead atoms. The minimum atomic E-state index is -4.57. The maximum Gasteiger partial charge on any atom is 0.416 e. The Bertz CT molecular complexity index is 1910. The van der Waals surface area contributed by atoms with Crippen molar-refractivity contribution < 1.29 is 32.6 Å². The Labute approximate surface area is 272 Å². The molecule has 47 heavy (non-hydrogen) atoms. The van der Waals surface area contributed by atoms with Crippen molar-refractivity contribution in [2.75, 3.05) is 23.8 Å². The Balaban J connectivity index is 1.17. The minimum Gasteiger partial charge on any atom is -0.481 e. The predicted molar refractivity (Wildman–Crippen MR) is 167 cm³/mol. The van der Waals surface area contributed by atoms with Gasteiger partial charge in [-0.2, -0.15) is 13.2 Å². The Morgan fingerprint density at radius 3 is 2.66 bits per heavy atom. The van der Waals surface area contributed by atoms with Crippen molar-refractivity contribution in [2.45, 2.75) is 63.9 Å². The van der Waals surface area contributed by atoms with Gasteiger partial charge >= 0.3 is 12.1 Å². The number of alkyl halides is 3. The van der Waals surface area contributed by atoms with Gasteiger partial charge < -0.3 is 20.5 Å². The number of nitrogens with zero attached hydrogens (tertiary/aromatic N) is 5. The molecule has 1 amide bonds. The summed E-state index contributed by atoms with van der Waals surface area (Å²) in [5.74, 6) is -0.548. The number of halogens is 4. The highest BCUT2D eigenvalue weighted by Gasteiger charge is 2.42. The zero-order chi connectivity index (χ0) is 33.2. The maximum absolute atomic E-state index is 13.1. The van der Waals surface area contributed by atoms with E-state index in [1.807, 2.05) is 11.3 Å². The van der Waals surface area contributed by atoms with E-state index in [0.29, 0.717) is 65.3 Å². The molecular formula is C32H31ClF3N7O4. The molecule has 3 aliphatic rings. The molecule has 15 heteroatoms. The number of anilines is 3. The van der Waals surface area contributed by atoms with E-state index in [2.05, 4.69) is 32.4 Å². The van der Waals surface area contributed by atoms with Gasteiger partial charge in [-0.1, -0.05) is 11.6 Å². The Morgan fingerprint density at radius 1 is 1.17 bits per heavy atom. The molecule has 2 atom stereocenters. The van der Waals surface area contributed by atoms with Gasteiger partial charge in [0.2, 0.25) is 0 Å². The Morgan fingerprint density at radius 2 is 1.94 bits per heavy atom. The first-order valence-corrected chi connectivity index (χ1v) is 15.6. The van der Waals surface area contributed by atoms with Crippen molar-refractivity contribution in [3.05, 3.63) is 64.8 Å². The monoisotopic (exact) mass is 669 g/mol. The molecule has 1 saturated heterocycles. The number of amides is 1. The van der Waals surface area contributed by atoms with E-state index < -0.39 is 35.1 Å². The van der Waals surface area contributed by atoms with Gasteiger partial charge in [0, 0.05) is 36.0 Å². The number of ether oxygens (including phenoxy) is 1. The molecule has 7 rings (SSSR count). The molecule has 246 valence electrons. The van der Waals surface area contributed by atoms with Gasteiger partial charge in [-0.25, -0.2) is 15.0 Å². The van der Waals surface area contributed by atoms with Crippen LogP contribution in [0.2, 0.25) is 5.15 Å². The second kappa shape index (κ2) is 11.5. The number of carboxylic acids is 1. The topological polar surface area (TPSA) is 134 Å². The van der Waals surface area contributed by atoms with E-state index in [-0.39, 0.29) is 23.5 Å². The van der Waals surface area contributed by atoms with Crippen molar-refractivity contribution in [1.29, 1.82) is 0 Å². The molecule has 1 aromatic carbocycles. The zero-order valence-electron chi connectivity index (χ0n) is 25.4. The molecule has 2 aliphatic heterocycles. The molecule has 2 fully saturated rings. The largest absolute Gasteiger partial charge is 0.481 e. The van der Waals surface area contributed by atoms with E-state index in [9.17, 15) is 27.9 Å². The number of nitrogens with one attached hydrogen (secondary N) is 2. The fraction of sp³-hybridized carbons (Fsp3) is 0.406. The van der Waals surface area contributed by atoms with Gasteiger partial charge in [-0.05, 0) is 69.9 Å². The molecule has 0 radical (unpaired) electrons. The molecule has 1 saturated carbocycles. The van der Waals surface area contributed by atoms with E-state index >= 15 is 0 Å². The number of carbonyl (C=O) groups is 2. The van der Waals surface area contributed by atoms with Crippen LogP contribution in [0.3, 0.4) is 0 Å². The Kier molecular flexibility index (Phi) is 7.64. The molecule has 0 unspecified atom stereocenters. The number of fused-ring (bicyclic) bond motifs is 2. The smallest absolute Gasteiger partial charge is 0.416 e. The fourth-order valence-electron chi connectivity index (χ4n) is 6.82. The summed E-state index contributed by atoms with van der Waals surface area (Å²) in [6.07, 6.45) is 0.259. The van der Waals surface area contributed by atoms with Gasteiger partial charge in [-0.15, -0.1) is 0 Å². The van der Waals surface area contributed by atoms with Crippen molar-refractivity contribution in [3.8, 4) is 11.3 Å². The van der Waals surface area contributed by atoms with Crippen LogP contribution in [0.4, 0.5) is 30.5 Å². The van der Waals surface area contributed by atoms with Crippen LogP contribution in [0.25, 0.3) is 16.8 Å². The second-order valence-electron chi connectivity index (χ2n) is 12.7. The van der Waals surface area contributed by atoms with Crippen LogP contribution in [0.5, 0.6) is 0 Å². The van der Waals surface area contributed by atoms with Crippen LogP contribution in [-0.4, -0.2) is 66.5 Å². The molecule has 1 aliphatic carbocycles. The summed E-state index contributed by atoms with van der Waals surface area (Å²) in [5, 5.41) is 15.7. The van der Waals surface area contributed by atoms with Crippen molar-refractivity contribution >= 4 is 46.3 Å². The molecule has 4 aromatic rings. The summed E-state index contributed by atoms with van der Waals surface area (Å²) >= 11 is 6.71. The van der Waals surface area contributed by atoms with E-state index in [1.54, 1.807) is 18.2 Å². The highest BCUT2D eigenvalue weighted by atomic mass is 35.5. The quantitative estimate of drug-likeness (QED) is 0.190. The maximum atomic E-state index is 13.1. The SMILES string of the molecule is C[C@H]1CO[C@@H](c2nc3c4c(ncc(Cl)n24)Nc2cc(C(=O)Nc4cc(C(F)(F)F)ccn4)ccc2-3)CN1[C@H]1CC[C@](C)(C(=O)O)CC1. The molecule has 3 N–H and O–H groups in total. The van der Waals surface area contributed by atoms with Crippen LogP contribution in [0.15, 0.2) is 42.7 Å². The summed E-state index contributed by atoms with van der Waals surface area (Å²) in [4.78, 5) is 40.6. The van der Waals surface area contributed by atoms with Crippen LogP contribution < -0.4 is 10.6 Å². The molecule has 5 heterocycles.